The van der Waals surface area contributed by atoms with Gasteiger partial charge in [-0.3, -0.25) is 0 Å². The molecule has 1 aromatic rings. The molecular weight excluding hydrogens is 204 g/mol. The highest BCUT2D eigenvalue weighted by Crippen LogP contribution is 2.25. The second kappa shape index (κ2) is 5.89. The summed E-state index contributed by atoms with van der Waals surface area (Å²) in [6.45, 7) is 7.41. The van der Waals surface area contributed by atoms with E-state index in [1.54, 1.807) is 0 Å². The van der Waals surface area contributed by atoms with Crippen LogP contribution in [0.25, 0.3) is 0 Å². The van der Waals surface area contributed by atoms with Crippen LogP contribution in [0.4, 0.5) is 0 Å². The Morgan fingerprint density at radius 2 is 2.27 bits per heavy atom. The predicted molar refractivity (Wildman–Crippen MR) is 65.1 cm³/mol. The average Bonchev–Trinajstić information content (AvgIpc) is 2.52. The second-order valence-electron chi connectivity index (χ2n) is 3.81. The highest BCUT2D eigenvalue weighted by atomic mass is 32.1. The molecule has 0 aliphatic carbocycles. The molecule has 2 nitrogen and oxygen atoms in total. The Bertz CT molecular complexity index is 349. The smallest absolute Gasteiger partial charge is 0.0622 e. The Morgan fingerprint density at radius 3 is 2.80 bits per heavy atom. The molecule has 0 fully saturated rings. The van der Waals surface area contributed by atoms with E-state index in [4.69, 9.17) is 5.26 Å². The molecule has 1 heterocycles. The van der Waals surface area contributed by atoms with Gasteiger partial charge >= 0.3 is 0 Å². The normalized spacial score (nSPS) is 12.4. The Labute approximate surface area is 95.9 Å². The van der Waals surface area contributed by atoms with E-state index < -0.39 is 0 Å². The predicted octanol–water partition coefficient (Wildman–Crippen LogP) is 3.32. The van der Waals surface area contributed by atoms with Gasteiger partial charge in [0.15, 0.2) is 0 Å². The fraction of sp³-hybridized carbons (Fsp3) is 0.583. The van der Waals surface area contributed by atoms with E-state index in [0.29, 0.717) is 12.5 Å². The fourth-order valence-electron chi connectivity index (χ4n) is 1.68. The molecule has 0 aliphatic heterocycles. The van der Waals surface area contributed by atoms with Crippen molar-refractivity contribution in [3.63, 3.8) is 0 Å². The lowest BCUT2D eigenvalue weighted by Gasteiger charge is -2.12. The third-order valence-electron chi connectivity index (χ3n) is 2.46. The molecule has 0 saturated carbocycles. The molecule has 1 aromatic heterocycles. The van der Waals surface area contributed by atoms with Gasteiger partial charge in [0.1, 0.15) is 0 Å². The van der Waals surface area contributed by atoms with E-state index in [1.165, 1.54) is 15.3 Å². The Hall–Kier alpha value is -0.850. The zero-order valence-corrected chi connectivity index (χ0v) is 10.4. The SMILES string of the molecule is Cc1cc(C(C)NCCCC#N)c(C)s1. The van der Waals surface area contributed by atoms with Crippen molar-refractivity contribution < 1.29 is 0 Å². The van der Waals surface area contributed by atoms with E-state index in [2.05, 4.69) is 38.2 Å². The van der Waals surface area contributed by atoms with Crippen LogP contribution in [0, 0.1) is 25.2 Å². The van der Waals surface area contributed by atoms with Crippen LogP contribution >= 0.6 is 11.3 Å². The maximum atomic E-state index is 8.42. The van der Waals surface area contributed by atoms with Crippen LogP contribution in [0.1, 0.15) is 41.1 Å². The van der Waals surface area contributed by atoms with Crippen molar-refractivity contribution >= 4 is 11.3 Å². The first-order valence-corrected chi connectivity index (χ1v) is 6.14. The monoisotopic (exact) mass is 222 g/mol. The number of aryl methyl sites for hydroxylation is 2. The van der Waals surface area contributed by atoms with Crippen LogP contribution in [0.3, 0.4) is 0 Å². The van der Waals surface area contributed by atoms with Gasteiger partial charge in [0.25, 0.3) is 0 Å². The molecule has 1 rings (SSSR count). The topological polar surface area (TPSA) is 35.8 Å². The van der Waals surface area contributed by atoms with E-state index in [0.717, 1.165) is 13.0 Å². The van der Waals surface area contributed by atoms with E-state index in [-0.39, 0.29) is 0 Å². The molecule has 1 N–H and O–H groups in total. The zero-order valence-electron chi connectivity index (χ0n) is 9.63. The van der Waals surface area contributed by atoms with Crippen molar-refractivity contribution in [1.29, 1.82) is 5.26 Å². The fourth-order valence-corrected chi connectivity index (χ4v) is 2.70. The molecule has 0 spiro atoms. The number of hydrogen-bond donors (Lipinski definition) is 1. The molecule has 0 aromatic carbocycles. The van der Waals surface area contributed by atoms with Crippen LogP contribution < -0.4 is 5.32 Å². The van der Waals surface area contributed by atoms with Gasteiger partial charge in [0.2, 0.25) is 0 Å². The molecule has 1 unspecified atom stereocenters. The molecular formula is C12H18N2S. The van der Waals surface area contributed by atoms with Crippen molar-refractivity contribution in [2.45, 2.75) is 39.7 Å². The molecule has 3 heteroatoms. The molecule has 15 heavy (non-hydrogen) atoms. The molecule has 1 atom stereocenters. The van der Waals surface area contributed by atoms with Gasteiger partial charge in [-0.25, -0.2) is 0 Å². The van der Waals surface area contributed by atoms with E-state index in [1.807, 2.05) is 11.3 Å². The summed E-state index contributed by atoms with van der Waals surface area (Å²) in [5.41, 5.74) is 1.40. The number of unbranched alkanes of at least 4 members (excludes halogenated alkanes) is 1. The number of thiophene rings is 1. The van der Waals surface area contributed by atoms with Gasteiger partial charge in [0, 0.05) is 22.2 Å². The summed E-state index contributed by atoms with van der Waals surface area (Å²) < 4.78 is 0. The first-order valence-electron chi connectivity index (χ1n) is 5.32. The minimum absolute atomic E-state index is 0.397. The van der Waals surface area contributed by atoms with E-state index >= 15 is 0 Å². The average molecular weight is 222 g/mol. The lowest BCUT2D eigenvalue weighted by atomic mass is 10.1. The Morgan fingerprint density at radius 1 is 1.53 bits per heavy atom. The zero-order chi connectivity index (χ0) is 11.3. The van der Waals surface area contributed by atoms with Crippen LogP contribution in [0.15, 0.2) is 6.07 Å². The Kier molecular flexibility index (Phi) is 4.80. The molecule has 0 aliphatic rings. The molecule has 0 saturated heterocycles. The van der Waals surface area contributed by atoms with Crippen molar-refractivity contribution in [1.82, 2.24) is 5.32 Å². The first kappa shape index (κ1) is 12.2. The molecule has 0 radical (unpaired) electrons. The third kappa shape index (κ3) is 3.65. The van der Waals surface area contributed by atoms with Gasteiger partial charge in [-0.1, -0.05) is 0 Å². The summed E-state index contributed by atoms with van der Waals surface area (Å²) in [4.78, 5) is 2.76. The van der Waals surface area contributed by atoms with Gasteiger partial charge in [-0.15, -0.1) is 11.3 Å². The van der Waals surface area contributed by atoms with Crippen LogP contribution in [0.5, 0.6) is 0 Å². The largest absolute Gasteiger partial charge is 0.310 e. The summed E-state index contributed by atoms with van der Waals surface area (Å²) >= 11 is 1.85. The number of nitrogens with zero attached hydrogens (tertiary/aromatic N) is 1. The molecule has 0 amide bonds. The summed E-state index contributed by atoms with van der Waals surface area (Å²) in [5.74, 6) is 0. The lowest BCUT2D eigenvalue weighted by molar-refractivity contribution is 0.561. The van der Waals surface area contributed by atoms with Crippen LogP contribution in [-0.2, 0) is 0 Å². The van der Waals surface area contributed by atoms with Crippen molar-refractivity contribution in [2.75, 3.05) is 6.54 Å². The summed E-state index contributed by atoms with van der Waals surface area (Å²) in [6, 6.07) is 4.81. The van der Waals surface area contributed by atoms with Crippen LogP contribution in [-0.4, -0.2) is 6.54 Å². The number of nitrogens with one attached hydrogen (secondary N) is 1. The quantitative estimate of drug-likeness (QED) is 0.776. The Balaban J connectivity index is 2.43. The van der Waals surface area contributed by atoms with Gasteiger partial charge < -0.3 is 5.32 Å². The first-order chi connectivity index (χ1) is 7.15. The lowest BCUT2D eigenvalue weighted by Crippen LogP contribution is -2.19. The maximum Gasteiger partial charge on any atom is 0.0622 e. The minimum atomic E-state index is 0.397. The van der Waals surface area contributed by atoms with Gasteiger partial charge in [-0.2, -0.15) is 5.26 Å². The second-order valence-corrected chi connectivity index (χ2v) is 5.27. The van der Waals surface area contributed by atoms with Crippen molar-refractivity contribution in [3.05, 3.63) is 21.4 Å². The minimum Gasteiger partial charge on any atom is -0.310 e. The number of nitriles is 1. The molecule has 82 valence electrons. The standard InChI is InChI=1S/C12H18N2S/c1-9-8-12(11(3)15-9)10(2)14-7-5-4-6-13/h8,10,14H,4-5,7H2,1-3H3. The van der Waals surface area contributed by atoms with Gasteiger partial charge in [0.05, 0.1) is 6.07 Å². The third-order valence-corrected chi connectivity index (χ3v) is 3.44. The highest BCUT2D eigenvalue weighted by Gasteiger charge is 2.09. The summed E-state index contributed by atoms with van der Waals surface area (Å²) in [7, 11) is 0. The highest BCUT2D eigenvalue weighted by molar-refractivity contribution is 7.12. The molecule has 0 bridgehead atoms. The maximum absolute atomic E-state index is 8.42. The summed E-state index contributed by atoms with van der Waals surface area (Å²) in [5, 5.41) is 11.9. The van der Waals surface area contributed by atoms with E-state index in [9.17, 15) is 0 Å². The number of hydrogen-bond acceptors (Lipinski definition) is 3. The summed E-state index contributed by atoms with van der Waals surface area (Å²) in [6.07, 6.45) is 1.57. The van der Waals surface area contributed by atoms with Crippen LogP contribution in [0.2, 0.25) is 0 Å². The van der Waals surface area contributed by atoms with Crippen molar-refractivity contribution in [2.24, 2.45) is 0 Å². The van der Waals surface area contributed by atoms with Crippen molar-refractivity contribution in [3.8, 4) is 6.07 Å². The van der Waals surface area contributed by atoms with Gasteiger partial charge in [-0.05, 0) is 45.4 Å². The number of rotatable bonds is 5.